The summed E-state index contributed by atoms with van der Waals surface area (Å²) in [6.45, 7) is 1.72. The van der Waals surface area contributed by atoms with Gasteiger partial charge in [0.15, 0.2) is 0 Å². The summed E-state index contributed by atoms with van der Waals surface area (Å²) in [5.74, 6) is 0.0973. The highest BCUT2D eigenvalue weighted by atomic mass is 16.5. The summed E-state index contributed by atoms with van der Waals surface area (Å²) < 4.78 is 10.5. The van der Waals surface area contributed by atoms with Crippen LogP contribution in [0.15, 0.2) is 18.2 Å². The second-order valence-electron chi connectivity index (χ2n) is 5.51. The topological polar surface area (TPSA) is 64.8 Å². The number of piperidine rings is 1. The maximum atomic E-state index is 11.7. The Bertz CT molecular complexity index is 490. The Labute approximate surface area is 126 Å². The van der Waals surface area contributed by atoms with E-state index >= 15 is 0 Å². The summed E-state index contributed by atoms with van der Waals surface area (Å²) in [5, 5.41) is 0. The standard InChI is InChI=1S/C16H24N2O3/c1-18-9-4-3-5-13(18)8-10-21-15-11-12(17)6-7-14(15)16(19)20-2/h6-7,11,13H,3-5,8-10,17H2,1-2H3. The Hall–Kier alpha value is -1.75. The van der Waals surface area contributed by atoms with Crippen molar-refractivity contribution in [3.05, 3.63) is 23.8 Å². The molecular formula is C16H24N2O3. The summed E-state index contributed by atoms with van der Waals surface area (Å²) >= 11 is 0. The van der Waals surface area contributed by atoms with Crippen LogP contribution < -0.4 is 10.5 Å². The van der Waals surface area contributed by atoms with Crippen molar-refractivity contribution >= 4 is 11.7 Å². The van der Waals surface area contributed by atoms with Crippen LogP contribution in [0.2, 0.25) is 0 Å². The van der Waals surface area contributed by atoms with E-state index in [2.05, 4.69) is 11.9 Å². The number of carbonyl (C=O) groups excluding carboxylic acids is 1. The zero-order chi connectivity index (χ0) is 15.2. The van der Waals surface area contributed by atoms with E-state index in [1.54, 1.807) is 18.2 Å². The fourth-order valence-electron chi connectivity index (χ4n) is 2.75. The molecule has 1 aromatic rings. The molecule has 2 N–H and O–H groups in total. The van der Waals surface area contributed by atoms with Crippen molar-refractivity contribution in [2.75, 3.05) is 33.0 Å². The summed E-state index contributed by atoms with van der Waals surface area (Å²) in [6, 6.07) is 5.55. The van der Waals surface area contributed by atoms with Crippen LogP contribution in [0.1, 0.15) is 36.0 Å². The maximum Gasteiger partial charge on any atom is 0.341 e. The summed E-state index contributed by atoms with van der Waals surface area (Å²) in [6.07, 6.45) is 4.71. The molecule has 2 rings (SSSR count). The molecule has 1 unspecified atom stereocenters. The number of likely N-dealkylation sites (tertiary alicyclic amines) is 1. The SMILES string of the molecule is COC(=O)c1ccc(N)cc1OCCC1CCCCN1C. The predicted molar refractivity (Wildman–Crippen MR) is 82.6 cm³/mol. The highest BCUT2D eigenvalue weighted by Crippen LogP contribution is 2.24. The lowest BCUT2D eigenvalue weighted by molar-refractivity contribution is 0.0595. The number of anilines is 1. The molecular weight excluding hydrogens is 268 g/mol. The van der Waals surface area contributed by atoms with E-state index in [9.17, 15) is 4.79 Å². The second-order valence-corrected chi connectivity index (χ2v) is 5.51. The highest BCUT2D eigenvalue weighted by Gasteiger charge is 2.19. The molecule has 0 saturated carbocycles. The number of nitrogen functional groups attached to an aromatic ring is 1. The van der Waals surface area contributed by atoms with Crippen molar-refractivity contribution in [1.82, 2.24) is 4.90 Å². The van der Waals surface area contributed by atoms with E-state index in [0.29, 0.717) is 29.6 Å². The van der Waals surface area contributed by atoms with Gasteiger partial charge in [-0.05, 0) is 45.0 Å². The van der Waals surface area contributed by atoms with Gasteiger partial charge in [-0.2, -0.15) is 0 Å². The average Bonchev–Trinajstić information content (AvgIpc) is 2.48. The highest BCUT2D eigenvalue weighted by molar-refractivity contribution is 5.93. The molecule has 0 aliphatic carbocycles. The third-order valence-corrected chi connectivity index (χ3v) is 4.04. The fourth-order valence-corrected chi connectivity index (χ4v) is 2.75. The quantitative estimate of drug-likeness (QED) is 0.666. The van der Waals surface area contributed by atoms with Crippen LogP contribution in [-0.4, -0.2) is 44.2 Å². The van der Waals surface area contributed by atoms with Crippen molar-refractivity contribution in [3.8, 4) is 5.75 Å². The van der Waals surface area contributed by atoms with Crippen molar-refractivity contribution in [1.29, 1.82) is 0 Å². The molecule has 116 valence electrons. The van der Waals surface area contributed by atoms with Crippen LogP contribution in [0.4, 0.5) is 5.69 Å². The Balaban J connectivity index is 1.95. The fraction of sp³-hybridized carbons (Fsp3) is 0.562. The number of nitrogens with two attached hydrogens (primary N) is 1. The van der Waals surface area contributed by atoms with E-state index < -0.39 is 5.97 Å². The van der Waals surface area contributed by atoms with Crippen LogP contribution >= 0.6 is 0 Å². The van der Waals surface area contributed by atoms with Gasteiger partial charge in [0.25, 0.3) is 0 Å². The van der Waals surface area contributed by atoms with Gasteiger partial charge in [-0.3, -0.25) is 0 Å². The zero-order valence-electron chi connectivity index (χ0n) is 12.8. The summed E-state index contributed by atoms with van der Waals surface area (Å²) in [4.78, 5) is 14.1. The van der Waals surface area contributed by atoms with E-state index in [1.165, 1.54) is 26.4 Å². The summed E-state index contributed by atoms with van der Waals surface area (Å²) in [7, 11) is 3.52. The number of rotatable bonds is 5. The number of benzene rings is 1. The molecule has 1 aliphatic heterocycles. The molecule has 0 aromatic heterocycles. The van der Waals surface area contributed by atoms with Gasteiger partial charge < -0.3 is 20.1 Å². The normalized spacial score (nSPS) is 19.2. The molecule has 0 bridgehead atoms. The van der Waals surface area contributed by atoms with Crippen molar-refractivity contribution < 1.29 is 14.3 Å². The molecule has 1 aliphatic rings. The first-order chi connectivity index (χ1) is 10.1. The minimum atomic E-state index is -0.403. The number of ether oxygens (including phenoxy) is 2. The van der Waals surface area contributed by atoms with Crippen molar-refractivity contribution in [3.63, 3.8) is 0 Å². The monoisotopic (exact) mass is 292 g/mol. The first-order valence-corrected chi connectivity index (χ1v) is 7.42. The maximum absolute atomic E-state index is 11.7. The molecule has 1 heterocycles. The number of nitrogens with zero attached hydrogens (tertiary/aromatic N) is 1. The molecule has 1 fully saturated rings. The third-order valence-electron chi connectivity index (χ3n) is 4.04. The summed E-state index contributed by atoms with van der Waals surface area (Å²) in [5.41, 5.74) is 6.76. The predicted octanol–water partition coefficient (Wildman–Crippen LogP) is 2.31. The van der Waals surface area contributed by atoms with Gasteiger partial charge in [-0.25, -0.2) is 4.79 Å². The Kier molecular flexibility index (Phi) is 5.44. The Morgan fingerprint density at radius 2 is 2.24 bits per heavy atom. The van der Waals surface area contributed by atoms with Crippen LogP contribution in [0.5, 0.6) is 5.75 Å². The number of carbonyl (C=O) groups is 1. The first kappa shape index (κ1) is 15.6. The van der Waals surface area contributed by atoms with Crippen molar-refractivity contribution in [2.24, 2.45) is 0 Å². The van der Waals surface area contributed by atoms with E-state index in [-0.39, 0.29) is 0 Å². The molecule has 0 spiro atoms. The number of hydrogen-bond donors (Lipinski definition) is 1. The molecule has 5 heteroatoms. The van der Waals surface area contributed by atoms with Crippen LogP contribution in [-0.2, 0) is 4.74 Å². The van der Waals surface area contributed by atoms with Gasteiger partial charge in [0, 0.05) is 17.8 Å². The molecule has 1 aromatic carbocycles. The Morgan fingerprint density at radius 3 is 2.95 bits per heavy atom. The second kappa shape index (κ2) is 7.31. The van der Waals surface area contributed by atoms with Gasteiger partial charge in [-0.1, -0.05) is 6.42 Å². The molecule has 5 nitrogen and oxygen atoms in total. The lowest BCUT2D eigenvalue weighted by Gasteiger charge is -2.32. The van der Waals surface area contributed by atoms with Gasteiger partial charge in [0.2, 0.25) is 0 Å². The first-order valence-electron chi connectivity index (χ1n) is 7.42. The van der Waals surface area contributed by atoms with Crippen molar-refractivity contribution in [2.45, 2.75) is 31.7 Å². The van der Waals surface area contributed by atoms with Crippen LogP contribution in [0.25, 0.3) is 0 Å². The van der Waals surface area contributed by atoms with Gasteiger partial charge >= 0.3 is 5.97 Å². The van der Waals surface area contributed by atoms with Gasteiger partial charge in [0.05, 0.1) is 13.7 Å². The van der Waals surface area contributed by atoms with Gasteiger partial charge in [0.1, 0.15) is 11.3 Å². The third kappa shape index (κ3) is 4.11. The Morgan fingerprint density at radius 1 is 1.43 bits per heavy atom. The number of esters is 1. The molecule has 0 radical (unpaired) electrons. The van der Waals surface area contributed by atoms with Gasteiger partial charge in [-0.15, -0.1) is 0 Å². The van der Waals surface area contributed by atoms with E-state index in [4.69, 9.17) is 15.2 Å². The van der Waals surface area contributed by atoms with E-state index in [1.807, 2.05) is 0 Å². The smallest absolute Gasteiger partial charge is 0.341 e. The minimum absolute atomic E-state index is 0.403. The van der Waals surface area contributed by atoms with Crippen LogP contribution in [0.3, 0.4) is 0 Å². The zero-order valence-corrected chi connectivity index (χ0v) is 12.8. The number of hydrogen-bond acceptors (Lipinski definition) is 5. The largest absolute Gasteiger partial charge is 0.493 e. The lowest BCUT2D eigenvalue weighted by Crippen LogP contribution is -2.37. The molecule has 21 heavy (non-hydrogen) atoms. The number of methoxy groups -OCH3 is 1. The van der Waals surface area contributed by atoms with Crippen LogP contribution in [0, 0.1) is 0 Å². The lowest BCUT2D eigenvalue weighted by atomic mass is 10.0. The molecule has 1 saturated heterocycles. The molecule has 0 amide bonds. The average molecular weight is 292 g/mol. The minimum Gasteiger partial charge on any atom is -0.493 e. The molecule has 1 atom stereocenters. The van der Waals surface area contributed by atoms with E-state index in [0.717, 1.165) is 13.0 Å².